The molecule has 0 aromatic carbocycles. The molecule has 1 saturated heterocycles. The molecule has 2 aromatic rings. The zero-order chi connectivity index (χ0) is 14.2. The van der Waals surface area contributed by atoms with E-state index in [1.165, 1.54) is 12.8 Å². The van der Waals surface area contributed by atoms with Crippen molar-refractivity contribution in [2.75, 3.05) is 24.2 Å². The molecule has 9 heteroatoms. The molecule has 0 spiro atoms. The Kier molecular flexibility index (Phi) is 3.30. The van der Waals surface area contributed by atoms with E-state index in [4.69, 9.17) is 0 Å². The topological polar surface area (TPSA) is 92.5 Å². The molecule has 1 fully saturated rings. The lowest BCUT2D eigenvalue weighted by atomic mass is 10.4. The molecule has 20 heavy (non-hydrogen) atoms. The highest BCUT2D eigenvalue weighted by molar-refractivity contribution is 7.88. The summed E-state index contributed by atoms with van der Waals surface area (Å²) >= 11 is 0. The van der Waals surface area contributed by atoms with Gasteiger partial charge in [0.1, 0.15) is 5.82 Å². The summed E-state index contributed by atoms with van der Waals surface area (Å²) < 4.78 is 26.3. The molecule has 2 aromatic heterocycles. The molecule has 0 saturated carbocycles. The van der Waals surface area contributed by atoms with Gasteiger partial charge in [-0.25, -0.2) is 13.1 Å². The number of hydrogen-bond acceptors (Lipinski definition) is 6. The fourth-order valence-corrected chi connectivity index (χ4v) is 2.64. The van der Waals surface area contributed by atoms with E-state index in [1.54, 1.807) is 4.52 Å². The van der Waals surface area contributed by atoms with Crippen LogP contribution in [0.15, 0.2) is 12.1 Å². The number of aromatic nitrogens is 4. The molecule has 0 amide bonds. The predicted molar refractivity (Wildman–Crippen MR) is 73.9 cm³/mol. The molecule has 0 aliphatic carbocycles. The summed E-state index contributed by atoms with van der Waals surface area (Å²) in [7, 11) is -3.26. The van der Waals surface area contributed by atoms with Gasteiger partial charge in [-0.1, -0.05) is 0 Å². The first-order chi connectivity index (χ1) is 9.53. The monoisotopic (exact) mass is 296 g/mol. The first-order valence-corrected chi connectivity index (χ1v) is 8.33. The largest absolute Gasteiger partial charge is 0.355 e. The van der Waals surface area contributed by atoms with E-state index in [9.17, 15) is 8.42 Å². The lowest BCUT2D eigenvalue weighted by molar-refractivity contribution is 0.584. The Morgan fingerprint density at radius 1 is 1.25 bits per heavy atom. The number of nitrogens with zero attached hydrogens (tertiary/aromatic N) is 5. The van der Waals surface area contributed by atoms with E-state index >= 15 is 0 Å². The number of anilines is 1. The summed E-state index contributed by atoms with van der Waals surface area (Å²) in [6, 6.07) is 3.76. The average molecular weight is 296 g/mol. The third-order valence-corrected chi connectivity index (χ3v) is 3.90. The summed E-state index contributed by atoms with van der Waals surface area (Å²) in [6.07, 6.45) is 3.45. The second kappa shape index (κ2) is 4.98. The van der Waals surface area contributed by atoms with Gasteiger partial charge in [-0.15, -0.1) is 15.3 Å². The quantitative estimate of drug-likeness (QED) is 0.838. The minimum Gasteiger partial charge on any atom is -0.355 e. The molecule has 108 valence electrons. The molecular formula is C11H16N6O2S. The fourth-order valence-electron chi connectivity index (χ4n) is 2.24. The molecule has 0 unspecified atom stereocenters. The third-order valence-electron chi connectivity index (χ3n) is 3.24. The van der Waals surface area contributed by atoms with Crippen molar-refractivity contribution in [3.63, 3.8) is 0 Å². The van der Waals surface area contributed by atoms with Crippen molar-refractivity contribution in [3.8, 4) is 0 Å². The molecular weight excluding hydrogens is 280 g/mol. The van der Waals surface area contributed by atoms with Crippen LogP contribution in [0.1, 0.15) is 18.7 Å². The summed E-state index contributed by atoms with van der Waals surface area (Å²) in [5.41, 5.74) is 0.609. The van der Waals surface area contributed by atoms with Crippen molar-refractivity contribution in [2.24, 2.45) is 0 Å². The molecule has 1 aliphatic rings. The second-order valence-electron chi connectivity index (χ2n) is 4.87. The minimum atomic E-state index is -3.26. The summed E-state index contributed by atoms with van der Waals surface area (Å²) in [4.78, 5) is 2.20. The number of sulfonamides is 1. The van der Waals surface area contributed by atoms with Crippen LogP contribution in [0.4, 0.5) is 5.82 Å². The zero-order valence-electron chi connectivity index (χ0n) is 11.2. The molecule has 1 N–H and O–H groups in total. The Labute approximate surface area is 116 Å². The van der Waals surface area contributed by atoms with Gasteiger partial charge in [0.15, 0.2) is 11.5 Å². The minimum absolute atomic E-state index is 0.0798. The van der Waals surface area contributed by atoms with Crippen LogP contribution in [-0.2, 0) is 16.6 Å². The van der Waals surface area contributed by atoms with Gasteiger partial charge in [0.2, 0.25) is 10.0 Å². The predicted octanol–water partition coefficient (Wildman–Crippen LogP) is -0.226. The van der Waals surface area contributed by atoms with Crippen molar-refractivity contribution in [1.82, 2.24) is 24.5 Å². The van der Waals surface area contributed by atoms with Gasteiger partial charge in [0, 0.05) is 13.1 Å². The molecule has 1 aliphatic heterocycles. The van der Waals surface area contributed by atoms with Crippen LogP contribution in [0.5, 0.6) is 0 Å². The van der Waals surface area contributed by atoms with Crippen molar-refractivity contribution < 1.29 is 8.42 Å². The van der Waals surface area contributed by atoms with Gasteiger partial charge in [0.05, 0.1) is 12.8 Å². The van der Waals surface area contributed by atoms with Crippen LogP contribution in [0, 0.1) is 0 Å². The van der Waals surface area contributed by atoms with Crippen LogP contribution in [0.25, 0.3) is 5.65 Å². The highest BCUT2D eigenvalue weighted by Crippen LogP contribution is 2.17. The molecule has 0 atom stereocenters. The standard InChI is InChI=1S/C11H16N6O2S/c1-20(18,19)12-8-11-14-13-9-4-5-10(15-17(9)11)16-6-2-3-7-16/h4-5,12H,2-3,6-8H2,1H3. The number of hydrogen-bond donors (Lipinski definition) is 1. The maximum Gasteiger partial charge on any atom is 0.209 e. The Balaban J connectivity index is 1.91. The fraction of sp³-hybridized carbons (Fsp3) is 0.545. The molecule has 3 heterocycles. The molecule has 0 bridgehead atoms. The summed E-state index contributed by atoms with van der Waals surface area (Å²) in [5.74, 6) is 1.35. The SMILES string of the molecule is CS(=O)(=O)NCc1nnc2ccc(N3CCCC3)nn12. The van der Waals surface area contributed by atoms with Gasteiger partial charge < -0.3 is 4.90 Å². The van der Waals surface area contributed by atoms with E-state index < -0.39 is 10.0 Å². The first kappa shape index (κ1) is 13.3. The Morgan fingerprint density at radius 3 is 2.70 bits per heavy atom. The smallest absolute Gasteiger partial charge is 0.209 e. The lowest BCUT2D eigenvalue weighted by Gasteiger charge is -2.15. The van der Waals surface area contributed by atoms with Crippen LogP contribution < -0.4 is 9.62 Å². The summed E-state index contributed by atoms with van der Waals surface area (Å²) in [6.45, 7) is 2.07. The Morgan fingerprint density at radius 2 is 2.00 bits per heavy atom. The van der Waals surface area contributed by atoms with E-state index in [1.807, 2.05) is 12.1 Å². The lowest BCUT2D eigenvalue weighted by Crippen LogP contribution is -2.23. The van der Waals surface area contributed by atoms with E-state index in [0.717, 1.165) is 25.2 Å². The first-order valence-electron chi connectivity index (χ1n) is 6.44. The van der Waals surface area contributed by atoms with Gasteiger partial charge in [-0.05, 0) is 25.0 Å². The van der Waals surface area contributed by atoms with E-state index in [-0.39, 0.29) is 6.54 Å². The van der Waals surface area contributed by atoms with Gasteiger partial charge in [-0.2, -0.15) is 4.52 Å². The number of nitrogens with one attached hydrogen (secondary N) is 1. The van der Waals surface area contributed by atoms with E-state index in [0.29, 0.717) is 11.5 Å². The van der Waals surface area contributed by atoms with Crippen molar-refractivity contribution in [3.05, 3.63) is 18.0 Å². The van der Waals surface area contributed by atoms with Crippen LogP contribution in [-0.4, -0.2) is 47.6 Å². The molecule has 8 nitrogen and oxygen atoms in total. The normalized spacial score (nSPS) is 16.1. The van der Waals surface area contributed by atoms with Gasteiger partial charge in [-0.3, -0.25) is 0 Å². The Hall–Kier alpha value is -1.74. The maximum atomic E-state index is 11.1. The highest BCUT2D eigenvalue weighted by Gasteiger charge is 2.16. The zero-order valence-corrected chi connectivity index (χ0v) is 12.0. The average Bonchev–Trinajstić information content (AvgIpc) is 3.04. The highest BCUT2D eigenvalue weighted by atomic mass is 32.2. The maximum absolute atomic E-state index is 11.1. The molecule has 0 radical (unpaired) electrons. The Bertz CT molecular complexity index is 720. The van der Waals surface area contributed by atoms with Crippen LogP contribution in [0.2, 0.25) is 0 Å². The van der Waals surface area contributed by atoms with Crippen molar-refractivity contribution >= 4 is 21.5 Å². The van der Waals surface area contributed by atoms with E-state index in [2.05, 4.69) is 24.9 Å². The van der Waals surface area contributed by atoms with Crippen molar-refractivity contribution in [1.29, 1.82) is 0 Å². The third kappa shape index (κ3) is 2.73. The second-order valence-corrected chi connectivity index (χ2v) is 6.70. The van der Waals surface area contributed by atoms with Crippen molar-refractivity contribution in [2.45, 2.75) is 19.4 Å². The van der Waals surface area contributed by atoms with Gasteiger partial charge >= 0.3 is 0 Å². The number of rotatable bonds is 4. The number of fused-ring (bicyclic) bond motifs is 1. The summed E-state index contributed by atoms with van der Waals surface area (Å²) in [5, 5.41) is 12.5. The van der Waals surface area contributed by atoms with Gasteiger partial charge in [0.25, 0.3) is 0 Å². The van der Waals surface area contributed by atoms with Crippen LogP contribution in [0.3, 0.4) is 0 Å². The molecule has 3 rings (SSSR count). The van der Waals surface area contributed by atoms with Crippen LogP contribution >= 0.6 is 0 Å².